The Kier molecular flexibility index (Phi) is 5.79. The van der Waals surface area contributed by atoms with Crippen LogP contribution >= 0.6 is 0 Å². The molecule has 10 nitrogen and oxygen atoms in total. The number of benzene rings is 3. The number of phenolic OH excluding ortho intramolecular Hbond substituents is 1. The Bertz CT molecular complexity index is 1280. The Hall–Kier alpha value is -4.86. The topological polar surface area (TPSA) is 179 Å². The van der Waals surface area contributed by atoms with Crippen molar-refractivity contribution >= 4 is 23.9 Å². The van der Waals surface area contributed by atoms with E-state index in [9.17, 15) is 44.7 Å². The summed E-state index contributed by atoms with van der Waals surface area (Å²) in [5.41, 5.74) is -1.69. The molecule has 5 N–H and O–H groups in total. The average Bonchev–Trinajstić information content (AvgIpc) is 2.73. The van der Waals surface area contributed by atoms with E-state index in [2.05, 4.69) is 0 Å². The van der Waals surface area contributed by atoms with Gasteiger partial charge in [0.25, 0.3) is 0 Å². The lowest BCUT2D eigenvalue weighted by Crippen LogP contribution is -2.06. The summed E-state index contributed by atoms with van der Waals surface area (Å²) in [5, 5.41) is 47.9. The van der Waals surface area contributed by atoms with Crippen LogP contribution in [0, 0.1) is 0 Å². The largest absolute Gasteiger partial charge is 0.507 e. The maximum atomic E-state index is 11.7. The van der Waals surface area contributed by atoms with Crippen LogP contribution in [0.1, 0.15) is 41.4 Å². The molecule has 0 saturated heterocycles. The number of aromatic hydroxyl groups is 1. The molecule has 162 valence electrons. The van der Waals surface area contributed by atoms with Crippen molar-refractivity contribution in [2.45, 2.75) is 0 Å². The molecule has 0 aliphatic carbocycles. The molecule has 3 aromatic carbocycles. The van der Waals surface area contributed by atoms with Gasteiger partial charge < -0.3 is 30.3 Å². The van der Waals surface area contributed by atoms with Gasteiger partial charge in [-0.3, -0.25) is 0 Å². The fourth-order valence-corrected chi connectivity index (χ4v) is 2.98. The first-order valence-corrected chi connectivity index (χ1v) is 8.81. The van der Waals surface area contributed by atoms with Gasteiger partial charge in [0, 0.05) is 5.56 Å². The third-order valence-electron chi connectivity index (χ3n) is 4.45. The van der Waals surface area contributed by atoms with E-state index in [1.54, 1.807) is 0 Å². The van der Waals surface area contributed by atoms with Crippen molar-refractivity contribution < 1.29 is 49.4 Å². The van der Waals surface area contributed by atoms with Crippen molar-refractivity contribution in [1.82, 2.24) is 0 Å². The number of ether oxygens (including phenoxy) is 1. The monoisotopic (exact) mass is 438 g/mol. The molecular formula is C22H14O10. The lowest BCUT2D eigenvalue weighted by atomic mass is 9.95. The molecule has 0 aliphatic heterocycles. The van der Waals surface area contributed by atoms with Gasteiger partial charge in [-0.05, 0) is 48.5 Å². The lowest BCUT2D eigenvalue weighted by Gasteiger charge is -2.16. The summed E-state index contributed by atoms with van der Waals surface area (Å²) >= 11 is 0. The highest BCUT2D eigenvalue weighted by Crippen LogP contribution is 2.42. The number of hydrogen-bond donors (Lipinski definition) is 5. The SMILES string of the molecule is O=C(O)c1ccc(C(=O)O)c(Oc2cccc(O)c2-c2cc(C(=O)O)ccc2C(=O)O)c1. The fraction of sp³-hybridized carbons (Fsp3) is 0. The van der Waals surface area contributed by atoms with Crippen LogP contribution in [0.2, 0.25) is 0 Å². The molecule has 0 heterocycles. The first-order valence-electron chi connectivity index (χ1n) is 8.81. The predicted molar refractivity (Wildman–Crippen MR) is 108 cm³/mol. The number of rotatable bonds is 7. The Morgan fingerprint density at radius 1 is 0.625 bits per heavy atom. The molecule has 0 fully saturated rings. The van der Waals surface area contributed by atoms with Crippen molar-refractivity contribution in [2.24, 2.45) is 0 Å². The van der Waals surface area contributed by atoms with Gasteiger partial charge in [-0.1, -0.05) is 6.07 Å². The summed E-state index contributed by atoms with van der Waals surface area (Å²) in [6, 6.07) is 10.0. The second kappa shape index (κ2) is 8.48. The third kappa shape index (κ3) is 4.19. The van der Waals surface area contributed by atoms with E-state index in [0.717, 1.165) is 36.4 Å². The van der Waals surface area contributed by atoms with Crippen molar-refractivity contribution in [2.75, 3.05) is 0 Å². The van der Waals surface area contributed by atoms with Crippen LogP contribution in [0.4, 0.5) is 0 Å². The van der Waals surface area contributed by atoms with Crippen LogP contribution in [-0.2, 0) is 0 Å². The molecule has 0 bridgehead atoms. The van der Waals surface area contributed by atoms with E-state index in [-0.39, 0.29) is 44.9 Å². The van der Waals surface area contributed by atoms with Crippen LogP contribution in [-0.4, -0.2) is 49.4 Å². The van der Waals surface area contributed by atoms with E-state index in [1.165, 1.54) is 18.2 Å². The highest BCUT2D eigenvalue weighted by atomic mass is 16.5. The zero-order valence-corrected chi connectivity index (χ0v) is 16.0. The van der Waals surface area contributed by atoms with Crippen LogP contribution < -0.4 is 4.74 Å². The van der Waals surface area contributed by atoms with Gasteiger partial charge in [0.1, 0.15) is 22.8 Å². The zero-order valence-electron chi connectivity index (χ0n) is 16.0. The zero-order chi connectivity index (χ0) is 23.6. The summed E-state index contributed by atoms with van der Waals surface area (Å²) < 4.78 is 5.62. The van der Waals surface area contributed by atoms with E-state index in [1.807, 2.05) is 0 Å². The highest BCUT2D eigenvalue weighted by molar-refractivity contribution is 6.01. The summed E-state index contributed by atoms with van der Waals surface area (Å²) in [7, 11) is 0. The number of hydrogen-bond acceptors (Lipinski definition) is 6. The summed E-state index contributed by atoms with van der Waals surface area (Å²) in [6.45, 7) is 0. The minimum absolute atomic E-state index is 0.197. The fourth-order valence-electron chi connectivity index (χ4n) is 2.98. The van der Waals surface area contributed by atoms with Gasteiger partial charge in [-0.15, -0.1) is 0 Å². The maximum absolute atomic E-state index is 11.7. The second-order valence-corrected chi connectivity index (χ2v) is 6.44. The lowest BCUT2D eigenvalue weighted by molar-refractivity contribution is 0.0678. The van der Waals surface area contributed by atoms with Crippen molar-refractivity contribution in [3.63, 3.8) is 0 Å². The van der Waals surface area contributed by atoms with Crippen LogP contribution in [0.25, 0.3) is 11.1 Å². The number of carboxylic acids is 4. The van der Waals surface area contributed by atoms with Gasteiger partial charge >= 0.3 is 23.9 Å². The van der Waals surface area contributed by atoms with Gasteiger partial charge in [0.2, 0.25) is 0 Å². The minimum atomic E-state index is -1.42. The summed E-state index contributed by atoms with van der Waals surface area (Å²) in [6.07, 6.45) is 0. The normalized spacial score (nSPS) is 10.4. The average molecular weight is 438 g/mol. The van der Waals surface area contributed by atoms with Crippen molar-refractivity contribution in [1.29, 1.82) is 0 Å². The maximum Gasteiger partial charge on any atom is 0.339 e. The van der Waals surface area contributed by atoms with Crippen LogP contribution in [0.5, 0.6) is 17.2 Å². The van der Waals surface area contributed by atoms with Gasteiger partial charge in [-0.25, -0.2) is 19.2 Å². The molecule has 0 unspecified atom stereocenters. The Morgan fingerprint density at radius 2 is 1.19 bits per heavy atom. The van der Waals surface area contributed by atoms with E-state index in [4.69, 9.17) is 4.74 Å². The smallest absolute Gasteiger partial charge is 0.339 e. The third-order valence-corrected chi connectivity index (χ3v) is 4.45. The van der Waals surface area contributed by atoms with E-state index < -0.39 is 29.6 Å². The number of phenols is 1. The molecule has 32 heavy (non-hydrogen) atoms. The van der Waals surface area contributed by atoms with Crippen LogP contribution in [0.3, 0.4) is 0 Å². The van der Waals surface area contributed by atoms with E-state index in [0.29, 0.717) is 0 Å². The first-order chi connectivity index (χ1) is 15.1. The molecule has 3 aromatic rings. The molecule has 0 amide bonds. The number of carbonyl (C=O) groups is 4. The minimum Gasteiger partial charge on any atom is -0.507 e. The highest BCUT2D eigenvalue weighted by Gasteiger charge is 2.23. The van der Waals surface area contributed by atoms with Crippen molar-refractivity contribution in [3.05, 3.63) is 76.9 Å². The summed E-state index contributed by atoms with van der Waals surface area (Å²) in [4.78, 5) is 45.9. The van der Waals surface area contributed by atoms with Crippen LogP contribution in [0.15, 0.2) is 54.6 Å². The molecule has 0 aromatic heterocycles. The molecule has 0 aliphatic rings. The standard InChI is InChI=1S/C22H14O10/c23-15-2-1-3-16(32-17-9-11(20(26)27)5-7-13(17)22(30)31)18(15)14-8-10(19(24)25)4-6-12(14)21(28)29/h1-9,23H,(H,24,25)(H,26,27)(H,28,29)(H,30,31). The Balaban J connectivity index is 2.26. The number of aromatic carboxylic acids is 4. The molecule has 0 atom stereocenters. The molecule has 0 radical (unpaired) electrons. The quantitative estimate of drug-likeness (QED) is 0.365. The van der Waals surface area contributed by atoms with Gasteiger partial charge in [0.15, 0.2) is 0 Å². The number of carboxylic acid groups (broad SMARTS) is 4. The van der Waals surface area contributed by atoms with Gasteiger partial charge in [-0.2, -0.15) is 0 Å². The molecule has 3 rings (SSSR count). The molecular weight excluding hydrogens is 424 g/mol. The van der Waals surface area contributed by atoms with Gasteiger partial charge in [0.05, 0.1) is 22.3 Å². The molecule has 0 saturated carbocycles. The summed E-state index contributed by atoms with van der Waals surface area (Å²) in [5.74, 6) is -6.59. The van der Waals surface area contributed by atoms with E-state index >= 15 is 0 Å². The first kappa shape index (κ1) is 21.8. The molecule has 10 heteroatoms. The Morgan fingerprint density at radius 3 is 1.75 bits per heavy atom. The predicted octanol–water partition coefficient (Wildman–Crippen LogP) is 3.64. The molecule has 0 spiro atoms. The Labute approximate surface area is 179 Å². The second-order valence-electron chi connectivity index (χ2n) is 6.44. The van der Waals surface area contributed by atoms with Crippen molar-refractivity contribution in [3.8, 4) is 28.4 Å².